The molecule has 0 spiro atoms. The van der Waals surface area contributed by atoms with Gasteiger partial charge in [0.25, 0.3) is 0 Å². The van der Waals surface area contributed by atoms with E-state index in [1.807, 2.05) is 0 Å². The van der Waals surface area contributed by atoms with Crippen molar-refractivity contribution in [3.05, 3.63) is 24.3 Å². The first-order chi connectivity index (χ1) is 10.2. The maximum absolute atomic E-state index is 10.3. The van der Waals surface area contributed by atoms with Gasteiger partial charge in [-0.05, 0) is 44.9 Å². The van der Waals surface area contributed by atoms with E-state index in [0.29, 0.717) is 6.42 Å². The minimum atomic E-state index is -0.693. The van der Waals surface area contributed by atoms with E-state index in [-0.39, 0.29) is 6.10 Å². The highest BCUT2D eigenvalue weighted by Crippen LogP contribution is 2.09. The first-order valence-electron chi connectivity index (χ1n) is 8.36. The predicted molar refractivity (Wildman–Crippen MR) is 88.4 cm³/mol. The zero-order valence-electron chi connectivity index (χ0n) is 13.5. The van der Waals surface area contributed by atoms with Crippen molar-refractivity contribution in [2.75, 3.05) is 0 Å². The van der Waals surface area contributed by atoms with Crippen LogP contribution in [0.4, 0.5) is 0 Å². The lowest BCUT2D eigenvalue weighted by atomic mass is 10.1. The van der Waals surface area contributed by atoms with Gasteiger partial charge in [-0.2, -0.15) is 0 Å². The van der Waals surface area contributed by atoms with E-state index < -0.39 is 5.97 Å². The number of carboxylic acids is 1. The Bertz CT molecular complexity index is 295. The molecule has 0 radical (unpaired) electrons. The molecule has 0 rings (SSSR count). The molecule has 0 heterocycles. The standard InChI is InChI=1S/C18H32O3/c1-2-3-4-11-14-17(19)15-12-9-7-5-6-8-10-13-16-18(20)21/h3-4,9,12,17,19H,2,5-8,10-11,13-16H2,1H3,(H,20,21). The Morgan fingerprint density at radius 3 is 2.33 bits per heavy atom. The number of unbranched alkanes of at least 4 members (excludes halogenated alkanes) is 5. The molecule has 0 saturated heterocycles. The molecule has 0 amide bonds. The predicted octanol–water partition coefficient (Wildman–Crippen LogP) is 4.86. The fourth-order valence-electron chi connectivity index (χ4n) is 2.13. The summed E-state index contributed by atoms with van der Waals surface area (Å²) in [5, 5.41) is 18.3. The number of aliphatic hydroxyl groups is 1. The van der Waals surface area contributed by atoms with E-state index >= 15 is 0 Å². The summed E-state index contributed by atoms with van der Waals surface area (Å²) in [7, 11) is 0. The Balaban J connectivity index is 3.31. The van der Waals surface area contributed by atoms with Gasteiger partial charge in [0.05, 0.1) is 6.10 Å². The van der Waals surface area contributed by atoms with Crippen LogP contribution in [0.2, 0.25) is 0 Å². The van der Waals surface area contributed by atoms with Gasteiger partial charge in [0.2, 0.25) is 0 Å². The van der Waals surface area contributed by atoms with Gasteiger partial charge in [-0.1, -0.05) is 50.5 Å². The van der Waals surface area contributed by atoms with Crippen LogP contribution in [-0.4, -0.2) is 22.3 Å². The smallest absolute Gasteiger partial charge is 0.303 e. The minimum absolute atomic E-state index is 0.223. The van der Waals surface area contributed by atoms with Crippen molar-refractivity contribution in [1.82, 2.24) is 0 Å². The highest BCUT2D eigenvalue weighted by atomic mass is 16.4. The molecule has 0 saturated carbocycles. The quantitative estimate of drug-likeness (QED) is 0.355. The second-order valence-corrected chi connectivity index (χ2v) is 5.52. The van der Waals surface area contributed by atoms with Crippen LogP contribution in [0, 0.1) is 0 Å². The average Bonchev–Trinajstić information content (AvgIpc) is 2.45. The molecule has 3 nitrogen and oxygen atoms in total. The summed E-state index contributed by atoms with van der Waals surface area (Å²) >= 11 is 0. The van der Waals surface area contributed by atoms with Crippen molar-refractivity contribution >= 4 is 5.97 Å². The summed E-state index contributed by atoms with van der Waals surface area (Å²) in [6.45, 7) is 2.11. The average molecular weight is 296 g/mol. The second kappa shape index (κ2) is 15.3. The third kappa shape index (κ3) is 16.9. The van der Waals surface area contributed by atoms with Gasteiger partial charge in [-0.25, -0.2) is 0 Å². The number of carbonyl (C=O) groups is 1. The molecule has 0 aliphatic rings. The summed E-state index contributed by atoms with van der Waals surface area (Å²) in [6, 6.07) is 0. The maximum Gasteiger partial charge on any atom is 0.303 e. The Labute approximate surface area is 129 Å². The van der Waals surface area contributed by atoms with Crippen LogP contribution in [0.3, 0.4) is 0 Å². The molecular weight excluding hydrogens is 264 g/mol. The van der Waals surface area contributed by atoms with Crippen molar-refractivity contribution in [1.29, 1.82) is 0 Å². The number of aliphatic carboxylic acids is 1. The lowest BCUT2D eigenvalue weighted by Crippen LogP contribution is -2.03. The lowest BCUT2D eigenvalue weighted by Gasteiger charge is -2.05. The van der Waals surface area contributed by atoms with Gasteiger partial charge in [0.15, 0.2) is 0 Å². The van der Waals surface area contributed by atoms with E-state index in [1.54, 1.807) is 0 Å². The zero-order valence-corrected chi connectivity index (χ0v) is 13.5. The summed E-state index contributed by atoms with van der Waals surface area (Å²) in [5.41, 5.74) is 0. The number of hydrogen-bond acceptors (Lipinski definition) is 2. The van der Waals surface area contributed by atoms with Crippen LogP contribution >= 0.6 is 0 Å². The highest BCUT2D eigenvalue weighted by molar-refractivity contribution is 5.66. The lowest BCUT2D eigenvalue weighted by molar-refractivity contribution is -0.137. The van der Waals surface area contributed by atoms with Gasteiger partial charge in [-0.3, -0.25) is 4.79 Å². The fraction of sp³-hybridized carbons (Fsp3) is 0.722. The van der Waals surface area contributed by atoms with Crippen molar-refractivity contribution in [2.24, 2.45) is 0 Å². The zero-order chi connectivity index (χ0) is 15.8. The Morgan fingerprint density at radius 1 is 0.952 bits per heavy atom. The molecule has 1 atom stereocenters. The van der Waals surface area contributed by atoms with Gasteiger partial charge in [0, 0.05) is 6.42 Å². The molecule has 122 valence electrons. The summed E-state index contributed by atoms with van der Waals surface area (Å²) in [6.07, 6.45) is 18.5. The number of allylic oxidation sites excluding steroid dienone is 3. The van der Waals surface area contributed by atoms with Crippen LogP contribution in [0.1, 0.15) is 77.6 Å². The SMILES string of the molecule is CCC=CCCC(O)CC=CCCCCCCCC(=O)O. The van der Waals surface area contributed by atoms with E-state index in [0.717, 1.165) is 64.2 Å². The van der Waals surface area contributed by atoms with Crippen LogP contribution in [0.5, 0.6) is 0 Å². The van der Waals surface area contributed by atoms with Crippen LogP contribution in [-0.2, 0) is 4.79 Å². The fourth-order valence-corrected chi connectivity index (χ4v) is 2.13. The Morgan fingerprint density at radius 2 is 1.62 bits per heavy atom. The third-order valence-corrected chi connectivity index (χ3v) is 3.41. The van der Waals surface area contributed by atoms with E-state index in [4.69, 9.17) is 5.11 Å². The van der Waals surface area contributed by atoms with Gasteiger partial charge in [0.1, 0.15) is 0 Å². The van der Waals surface area contributed by atoms with Crippen molar-refractivity contribution in [3.8, 4) is 0 Å². The van der Waals surface area contributed by atoms with E-state index in [9.17, 15) is 9.90 Å². The molecule has 0 aromatic carbocycles. The molecule has 0 bridgehead atoms. The number of hydrogen-bond donors (Lipinski definition) is 2. The first kappa shape index (κ1) is 19.9. The van der Waals surface area contributed by atoms with Gasteiger partial charge >= 0.3 is 5.97 Å². The molecule has 21 heavy (non-hydrogen) atoms. The molecule has 2 N–H and O–H groups in total. The minimum Gasteiger partial charge on any atom is -0.481 e. The second-order valence-electron chi connectivity index (χ2n) is 5.52. The van der Waals surface area contributed by atoms with Crippen molar-refractivity contribution < 1.29 is 15.0 Å². The Kier molecular flexibility index (Phi) is 14.5. The van der Waals surface area contributed by atoms with Crippen LogP contribution < -0.4 is 0 Å². The molecule has 0 fully saturated rings. The normalized spacial score (nSPS) is 13.2. The number of carboxylic acid groups (broad SMARTS) is 1. The molecule has 0 aliphatic heterocycles. The molecular formula is C18H32O3. The maximum atomic E-state index is 10.3. The summed E-state index contributed by atoms with van der Waals surface area (Å²) < 4.78 is 0. The van der Waals surface area contributed by atoms with E-state index in [1.165, 1.54) is 0 Å². The van der Waals surface area contributed by atoms with Crippen LogP contribution in [0.15, 0.2) is 24.3 Å². The van der Waals surface area contributed by atoms with Crippen molar-refractivity contribution in [2.45, 2.75) is 83.7 Å². The Hall–Kier alpha value is -1.09. The largest absolute Gasteiger partial charge is 0.481 e. The summed E-state index contributed by atoms with van der Waals surface area (Å²) in [5.74, 6) is -0.693. The van der Waals surface area contributed by atoms with Crippen LogP contribution in [0.25, 0.3) is 0 Å². The molecule has 3 heteroatoms. The number of aliphatic hydroxyl groups excluding tert-OH is 1. The molecule has 0 aromatic rings. The number of rotatable bonds is 14. The van der Waals surface area contributed by atoms with E-state index in [2.05, 4.69) is 31.2 Å². The molecule has 0 aromatic heterocycles. The first-order valence-corrected chi connectivity index (χ1v) is 8.36. The van der Waals surface area contributed by atoms with Crippen molar-refractivity contribution in [3.63, 3.8) is 0 Å². The third-order valence-electron chi connectivity index (χ3n) is 3.41. The molecule has 0 aliphatic carbocycles. The topological polar surface area (TPSA) is 57.5 Å². The van der Waals surface area contributed by atoms with Gasteiger partial charge < -0.3 is 10.2 Å². The summed E-state index contributed by atoms with van der Waals surface area (Å²) in [4.78, 5) is 10.3. The van der Waals surface area contributed by atoms with Gasteiger partial charge in [-0.15, -0.1) is 0 Å². The molecule has 1 unspecified atom stereocenters. The highest BCUT2D eigenvalue weighted by Gasteiger charge is 1.99. The monoisotopic (exact) mass is 296 g/mol.